The number of halogens is 1. The molecule has 2 aromatic carbocycles. The van der Waals surface area contributed by atoms with Crippen molar-refractivity contribution in [1.29, 1.82) is 0 Å². The van der Waals surface area contributed by atoms with Gasteiger partial charge in [0.05, 0.1) is 18.9 Å². The van der Waals surface area contributed by atoms with Crippen LogP contribution >= 0.6 is 11.8 Å². The standard InChI is InChI=1S/C26H31FN4O2S/c1-34-24-8-3-7-22(16-24)30-13-12-29(18-26(30)33)11-10-23-17-28-19-31(23)25(9-4-14-32)20-5-2-6-21(27)15-20/h2-3,5-8,15-17,19,25,32H,4,9-14,18H2,1H3. The number of carbonyl (C=O) groups is 1. The van der Waals surface area contributed by atoms with E-state index >= 15 is 0 Å². The lowest BCUT2D eigenvalue weighted by atomic mass is 10.0. The molecule has 0 radical (unpaired) electrons. The SMILES string of the molecule is CSc1cccc(N2CCN(CCc3cncn3C(CCCO)c3cccc(F)c3)CC2=O)c1. The summed E-state index contributed by atoms with van der Waals surface area (Å²) in [5.41, 5.74) is 2.86. The topological polar surface area (TPSA) is 61.6 Å². The molecule has 3 aromatic rings. The third kappa shape index (κ3) is 5.87. The number of carbonyl (C=O) groups excluding carboxylic acids is 1. The lowest BCUT2D eigenvalue weighted by Gasteiger charge is -2.34. The number of thioether (sulfide) groups is 1. The highest BCUT2D eigenvalue weighted by molar-refractivity contribution is 7.98. The lowest BCUT2D eigenvalue weighted by Crippen LogP contribution is -2.51. The molecular weight excluding hydrogens is 451 g/mol. The summed E-state index contributed by atoms with van der Waals surface area (Å²) < 4.78 is 16.0. The van der Waals surface area contributed by atoms with Gasteiger partial charge in [-0.1, -0.05) is 18.2 Å². The minimum absolute atomic E-state index is 0.0854. The van der Waals surface area contributed by atoms with E-state index in [-0.39, 0.29) is 24.4 Å². The first-order valence-corrected chi connectivity index (χ1v) is 12.9. The largest absolute Gasteiger partial charge is 0.396 e. The van der Waals surface area contributed by atoms with Gasteiger partial charge < -0.3 is 14.6 Å². The van der Waals surface area contributed by atoms with Crippen molar-refractivity contribution >= 4 is 23.4 Å². The Hall–Kier alpha value is -2.68. The summed E-state index contributed by atoms with van der Waals surface area (Å²) in [5, 5.41) is 9.37. The highest BCUT2D eigenvalue weighted by Gasteiger charge is 2.25. The molecule has 1 saturated heterocycles. The molecule has 0 aliphatic carbocycles. The van der Waals surface area contributed by atoms with E-state index in [2.05, 4.69) is 26.6 Å². The van der Waals surface area contributed by atoms with Gasteiger partial charge in [-0.15, -0.1) is 11.8 Å². The molecule has 0 spiro atoms. The van der Waals surface area contributed by atoms with Crippen molar-refractivity contribution in [2.45, 2.75) is 30.2 Å². The highest BCUT2D eigenvalue weighted by atomic mass is 32.2. The molecule has 0 bridgehead atoms. The van der Waals surface area contributed by atoms with Gasteiger partial charge in [-0.05, 0) is 55.0 Å². The quantitative estimate of drug-likeness (QED) is 0.443. The Bertz CT molecular complexity index is 1110. The fourth-order valence-corrected chi connectivity index (χ4v) is 4.96. The predicted molar refractivity (Wildman–Crippen MR) is 134 cm³/mol. The fraction of sp³-hybridized carbons (Fsp3) is 0.385. The van der Waals surface area contributed by atoms with Crippen LogP contribution in [0, 0.1) is 5.82 Å². The Labute approximate surface area is 204 Å². The number of hydrogen-bond donors (Lipinski definition) is 1. The maximum absolute atomic E-state index is 13.9. The van der Waals surface area contributed by atoms with Crippen LogP contribution in [0.2, 0.25) is 0 Å². The van der Waals surface area contributed by atoms with E-state index in [1.165, 1.54) is 6.07 Å². The van der Waals surface area contributed by atoms with Crippen molar-refractivity contribution in [2.24, 2.45) is 0 Å². The van der Waals surface area contributed by atoms with Crippen LogP contribution in [-0.2, 0) is 11.2 Å². The van der Waals surface area contributed by atoms with Crippen LogP contribution in [0.3, 0.4) is 0 Å². The average Bonchev–Trinajstić information content (AvgIpc) is 3.31. The molecule has 34 heavy (non-hydrogen) atoms. The number of rotatable bonds is 10. The van der Waals surface area contributed by atoms with E-state index in [4.69, 9.17) is 0 Å². The Balaban J connectivity index is 1.41. The second-order valence-electron chi connectivity index (χ2n) is 8.50. The predicted octanol–water partition coefficient (Wildman–Crippen LogP) is 4.00. The van der Waals surface area contributed by atoms with Crippen molar-refractivity contribution in [3.05, 3.63) is 78.1 Å². The van der Waals surface area contributed by atoms with Crippen LogP contribution in [0.25, 0.3) is 0 Å². The molecule has 1 fully saturated rings. The summed E-state index contributed by atoms with van der Waals surface area (Å²) in [6.07, 6.45) is 7.70. The smallest absolute Gasteiger partial charge is 0.241 e. The molecular formula is C26H31FN4O2S. The van der Waals surface area contributed by atoms with Crippen molar-refractivity contribution in [3.8, 4) is 0 Å². The number of nitrogens with zero attached hydrogens (tertiary/aromatic N) is 4. The number of anilines is 1. The normalized spacial score (nSPS) is 15.6. The van der Waals surface area contributed by atoms with Gasteiger partial charge in [0.2, 0.25) is 5.91 Å². The molecule has 1 amide bonds. The molecule has 1 N–H and O–H groups in total. The van der Waals surface area contributed by atoms with E-state index in [9.17, 15) is 14.3 Å². The second kappa shape index (κ2) is 11.6. The van der Waals surface area contributed by atoms with Crippen LogP contribution in [0.1, 0.15) is 30.1 Å². The minimum Gasteiger partial charge on any atom is -0.396 e. The Morgan fingerprint density at radius 2 is 2.03 bits per heavy atom. The van der Waals surface area contributed by atoms with Crippen LogP contribution in [0.5, 0.6) is 0 Å². The van der Waals surface area contributed by atoms with Crippen molar-refractivity contribution in [1.82, 2.24) is 14.5 Å². The number of imidazole rings is 1. The minimum atomic E-state index is -0.271. The number of hydrogen-bond acceptors (Lipinski definition) is 5. The Morgan fingerprint density at radius 3 is 2.79 bits per heavy atom. The molecule has 2 heterocycles. The van der Waals surface area contributed by atoms with Crippen LogP contribution in [0.15, 0.2) is 66.0 Å². The number of piperazine rings is 1. The molecule has 1 aliphatic heterocycles. The van der Waals surface area contributed by atoms with E-state index in [0.717, 1.165) is 41.4 Å². The highest BCUT2D eigenvalue weighted by Crippen LogP contribution is 2.27. The summed E-state index contributed by atoms with van der Waals surface area (Å²) in [7, 11) is 0. The molecule has 180 valence electrons. The lowest BCUT2D eigenvalue weighted by molar-refractivity contribution is -0.121. The Morgan fingerprint density at radius 1 is 1.18 bits per heavy atom. The third-order valence-corrected chi connectivity index (χ3v) is 7.03. The molecule has 1 unspecified atom stereocenters. The van der Waals surface area contributed by atoms with Gasteiger partial charge in [0.1, 0.15) is 5.82 Å². The zero-order valence-electron chi connectivity index (χ0n) is 19.4. The summed E-state index contributed by atoms with van der Waals surface area (Å²) in [6.45, 7) is 2.68. The summed E-state index contributed by atoms with van der Waals surface area (Å²) in [4.78, 5) is 22.4. The zero-order chi connectivity index (χ0) is 23.9. The molecule has 0 saturated carbocycles. The first-order chi connectivity index (χ1) is 16.6. The van der Waals surface area contributed by atoms with Crippen molar-refractivity contribution in [2.75, 3.05) is 43.9 Å². The third-order valence-electron chi connectivity index (χ3n) is 6.30. The molecule has 6 nitrogen and oxygen atoms in total. The monoisotopic (exact) mass is 482 g/mol. The van der Waals surface area contributed by atoms with E-state index in [1.807, 2.05) is 35.6 Å². The van der Waals surface area contributed by atoms with E-state index in [0.29, 0.717) is 25.9 Å². The maximum atomic E-state index is 13.9. The molecule has 8 heteroatoms. The van der Waals surface area contributed by atoms with E-state index in [1.54, 1.807) is 30.2 Å². The van der Waals surface area contributed by atoms with Crippen LogP contribution in [-0.4, -0.2) is 64.5 Å². The zero-order valence-corrected chi connectivity index (χ0v) is 20.3. The molecule has 1 atom stereocenters. The van der Waals surface area contributed by atoms with Gasteiger partial charge in [0.15, 0.2) is 0 Å². The number of aromatic nitrogens is 2. The van der Waals surface area contributed by atoms with Gasteiger partial charge in [-0.3, -0.25) is 9.69 Å². The van der Waals surface area contributed by atoms with Crippen molar-refractivity contribution in [3.63, 3.8) is 0 Å². The summed E-state index contributed by atoms with van der Waals surface area (Å²) in [5.74, 6) is -0.161. The molecule has 1 aromatic heterocycles. The summed E-state index contributed by atoms with van der Waals surface area (Å²) in [6, 6.07) is 14.6. The van der Waals surface area contributed by atoms with Gasteiger partial charge >= 0.3 is 0 Å². The van der Waals surface area contributed by atoms with Crippen LogP contribution < -0.4 is 4.90 Å². The number of aliphatic hydroxyl groups excluding tert-OH is 1. The first-order valence-electron chi connectivity index (χ1n) is 11.6. The maximum Gasteiger partial charge on any atom is 0.241 e. The fourth-order valence-electron chi connectivity index (χ4n) is 4.51. The Kier molecular flexibility index (Phi) is 8.37. The van der Waals surface area contributed by atoms with Crippen LogP contribution in [0.4, 0.5) is 10.1 Å². The van der Waals surface area contributed by atoms with Gasteiger partial charge in [-0.2, -0.15) is 0 Å². The number of amides is 1. The number of aliphatic hydroxyl groups is 1. The second-order valence-corrected chi connectivity index (χ2v) is 9.38. The van der Waals surface area contributed by atoms with Gasteiger partial charge in [0, 0.05) is 55.1 Å². The molecule has 4 rings (SSSR count). The van der Waals surface area contributed by atoms with E-state index < -0.39 is 0 Å². The summed E-state index contributed by atoms with van der Waals surface area (Å²) >= 11 is 1.67. The van der Waals surface area contributed by atoms with Gasteiger partial charge in [0.25, 0.3) is 0 Å². The molecule has 1 aliphatic rings. The van der Waals surface area contributed by atoms with Crippen molar-refractivity contribution < 1.29 is 14.3 Å². The first kappa shape index (κ1) is 24.4. The average molecular weight is 483 g/mol. The number of benzene rings is 2. The van der Waals surface area contributed by atoms with Gasteiger partial charge in [-0.25, -0.2) is 9.37 Å².